The average Bonchev–Trinajstić information content (AvgIpc) is 3.44. The first kappa shape index (κ1) is 21.7. The second kappa shape index (κ2) is 9.29. The maximum absolute atomic E-state index is 12.8. The van der Waals surface area contributed by atoms with Gasteiger partial charge in [0, 0.05) is 0 Å². The lowest BCUT2D eigenvalue weighted by Gasteiger charge is -2.22. The zero-order valence-electron chi connectivity index (χ0n) is 18.6. The quantitative estimate of drug-likeness (QED) is 0.445. The van der Waals surface area contributed by atoms with Crippen molar-refractivity contribution in [2.45, 2.75) is 64.7 Å². The van der Waals surface area contributed by atoms with Crippen LogP contribution < -0.4 is 11.2 Å². The van der Waals surface area contributed by atoms with Crippen LogP contribution in [0.5, 0.6) is 0 Å². The van der Waals surface area contributed by atoms with E-state index in [1.165, 1.54) is 42.3 Å². The van der Waals surface area contributed by atoms with Crippen molar-refractivity contribution >= 4 is 17.4 Å². The van der Waals surface area contributed by atoms with Gasteiger partial charge < -0.3 is 5.73 Å². The number of nitrogens with one attached hydrogen (secondary N) is 1. The average molecular weight is 437 g/mol. The largest absolute Gasteiger partial charge is 0.378 e. The molecule has 0 spiro atoms. The standard InChI is InChI=1S/C22H28N8O2/c1-13(2)19-18(25-29-30(19)21-20(23)27-32-28-21)22(31)26-24-14(3)15-9-11-17(12-10-15)16-7-5-4-6-8-16/h9-13,16H,4-8H2,1-3H3,(H2,23,27)(H,26,31)/b24-14-. The number of nitrogens with two attached hydrogens (primary N) is 1. The fourth-order valence-electron chi connectivity index (χ4n) is 4.15. The number of nitrogen functional groups attached to an aromatic ring is 1. The smallest absolute Gasteiger partial charge is 0.293 e. The molecule has 0 atom stereocenters. The summed E-state index contributed by atoms with van der Waals surface area (Å²) in [6.45, 7) is 5.69. The molecule has 0 radical (unpaired) electrons. The van der Waals surface area contributed by atoms with Gasteiger partial charge >= 0.3 is 0 Å². The van der Waals surface area contributed by atoms with Crippen molar-refractivity contribution in [1.29, 1.82) is 0 Å². The summed E-state index contributed by atoms with van der Waals surface area (Å²) in [5, 5.41) is 19.6. The summed E-state index contributed by atoms with van der Waals surface area (Å²) in [6, 6.07) is 8.46. The Morgan fingerprint density at radius 2 is 1.91 bits per heavy atom. The van der Waals surface area contributed by atoms with Crippen LogP contribution >= 0.6 is 0 Å². The second-order valence-corrected chi connectivity index (χ2v) is 8.46. The third-order valence-corrected chi connectivity index (χ3v) is 5.89. The van der Waals surface area contributed by atoms with Gasteiger partial charge in [0.05, 0.1) is 11.4 Å². The fourth-order valence-corrected chi connectivity index (χ4v) is 4.15. The summed E-state index contributed by atoms with van der Waals surface area (Å²) < 4.78 is 6.01. The van der Waals surface area contributed by atoms with Crippen LogP contribution in [0.4, 0.5) is 5.82 Å². The fraction of sp³-hybridized carbons (Fsp3) is 0.455. The molecule has 0 unspecified atom stereocenters. The van der Waals surface area contributed by atoms with Crippen LogP contribution in [0, 0.1) is 0 Å². The zero-order valence-corrected chi connectivity index (χ0v) is 18.6. The van der Waals surface area contributed by atoms with Gasteiger partial charge in [0.15, 0.2) is 5.69 Å². The predicted octanol–water partition coefficient (Wildman–Crippen LogP) is 3.56. The Kier molecular flexibility index (Phi) is 6.29. The number of hydrogen-bond acceptors (Lipinski definition) is 8. The molecule has 1 fully saturated rings. The molecule has 168 valence electrons. The Morgan fingerprint density at radius 3 is 2.53 bits per heavy atom. The summed E-state index contributed by atoms with van der Waals surface area (Å²) in [4.78, 5) is 12.8. The van der Waals surface area contributed by atoms with Gasteiger partial charge in [-0.2, -0.15) is 9.78 Å². The molecule has 10 heteroatoms. The van der Waals surface area contributed by atoms with Crippen molar-refractivity contribution in [3.8, 4) is 5.82 Å². The molecule has 1 aromatic carbocycles. The third kappa shape index (κ3) is 4.39. The van der Waals surface area contributed by atoms with Crippen molar-refractivity contribution in [3.05, 3.63) is 46.8 Å². The van der Waals surface area contributed by atoms with Crippen molar-refractivity contribution in [3.63, 3.8) is 0 Å². The van der Waals surface area contributed by atoms with E-state index in [0.29, 0.717) is 17.3 Å². The van der Waals surface area contributed by atoms with Crippen LogP contribution in [0.2, 0.25) is 0 Å². The van der Waals surface area contributed by atoms with Crippen molar-refractivity contribution in [2.24, 2.45) is 5.10 Å². The Morgan fingerprint density at radius 1 is 1.19 bits per heavy atom. The summed E-state index contributed by atoms with van der Waals surface area (Å²) in [5.74, 6) is 0.362. The van der Waals surface area contributed by atoms with Crippen LogP contribution in [-0.4, -0.2) is 36.9 Å². The van der Waals surface area contributed by atoms with Gasteiger partial charge in [-0.15, -0.1) is 5.10 Å². The maximum Gasteiger partial charge on any atom is 0.293 e. The minimum atomic E-state index is -0.465. The Balaban J connectivity index is 1.49. The molecular formula is C22H28N8O2. The van der Waals surface area contributed by atoms with E-state index in [2.05, 4.69) is 60.0 Å². The lowest BCUT2D eigenvalue weighted by Crippen LogP contribution is -2.22. The number of carbonyl (C=O) groups excluding carboxylic acids is 1. The molecule has 1 aliphatic rings. The number of hydrogen-bond donors (Lipinski definition) is 2. The highest BCUT2D eigenvalue weighted by molar-refractivity contribution is 6.00. The number of rotatable bonds is 6. The van der Waals surface area contributed by atoms with Gasteiger partial charge in [-0.3, -0.25) is 4.79 Å². The lowest BCUT2D eigenvalue weighted by atomic mass is 9.84. The predicted molar refractivity (Wildman–Crippen MR) is 120 cm³/mol. The highest BCUT2D eigenvalue weighted by Gasteiger charge is 2.25. The van der Waals surface area contributed by atoms with E-state index in [1.807, 2.05) is 20.8 Å². The van der Waals surface area contributed by atoms with E-state index in [1.54, 1.807) is 0 Å². The minimum Gasteiger partial charge on any atom is -0.378 e. The lowest BCUT2D eigenvalue weighted by molar-refractivity contribution is 0.0948. The highest BCUT2D eigenvalue weighted by Crippen LogP contribution is 2.32. The van der Waals surface area contributed by atoms with Crippen LogP contribution in [0.1, 0.15) is 92.0 Å². The number of amides is 1. The van der Waals surface area contributed by atoms with Crippen LogP contribution in [0.3, 0.4) is 0 Å². The monoisotopic (exact) mass is 436 g/mol. The molecule has 0 aliphatic heterocycles. The van der Waals surface area contributed by atoms with Gasteiger partial charge in [-0.1, -0.05) is 62.6 Å². The molecule has 2 aromatic heterocycles. The van der Waals surface area contributed by atoms with E-state index >= 15 is 0 Å². The van der Waals surface area contributed by atoms with E-state index in [0.717, 1.165) is 5.56 Å². The summed E-state index contributed by atoms with van der Waals surface area (Å²) in [7, 11) is 0. The summed E-state index contributed by atoms with van der Waals surface area (Å²) >= 11 is 0. The van der Waals surface area contributed by atoms with Crippen molar-refractivity contribution < 1.29 is 9.42 Å². The molecule has 1 saturated carbocycles. The van der Waals surface area contributed by atoms with E-state index in [4.69, 9.17) is 5.73 Å². The van der Waals surface area contributed by atoms with Gasteiger partial charge in [-0.05, 0) is 53.0 Å². The molecule has 0 saturated heterocycles. The maximum atomic E-state index is 12.8. The Labute approximate surface area is 186 Å². The first-order valence-corrected chi connectivity index (χ1v) is 10.9. The number of hydrazone groups is 1. The third-order valence-electron chi connectivity index (χ3n) is 5.89. The summed E-state index contributed by atoms with van der Waals surface area (Å²) in [5.41, 5.74) is 12.1. The molecule has 1 amide bonds. The SMILES string of the molecule is C/C(=N/NC(=O)c1nnn(-c2nonc2N)c1C(C)C)c1ccc(C2CCCCC2)cc1. The van der Waals surface area contributed by atoms with Gasteiger partial charge in [-0.25, -0.2) is 10.1 Å². The van der Waals surface area contributed by atoms with E-state index in [9.17, 15) is 4.79 Å². The normalized spacial score (nSPS) is 15.3. The molecule has 2 heterocycles. The van der Waals surface area contributed by atoms with Crippen molar-refractivity contribution in [1.82, 2.24) is 30.7 Å². The van der Waals surface area contributed by atoms with Crippen LogP contribution in [0.15, 0.2) is 34.0 Å². The number of aromatic nitrogens is 5. The van der Waals surface area contributed by atoms with E-state index in [-0.39, 0.29) is 23.2 Å². The molecule has 1 aliphatic carbocycles. The Bertz CT molecular complexity index is 1110. The molecular weight excluding hydrogens is 408 g/mol. The first-order chi connectivity index (χ1) is 15.5. The second-order valence-electron chi connectivity index (χ2n) is 8.46. The zero-order chi connectivity index (χ0) is 22.7. The molecule has 32 heavy (non-hydrogen) atoms. The molecule has 10 nitrogen and oxygen atoms in total. The van der Waals surface area contributed by atoms with E-state index < -0.39 is 5.91 Å². The number of benzene rings is 1. The molecule has 3 aromatic rings. The minimum absolute atomic E-state index is 0.0642. The van der Waals surface area contributed by atoms with Crippen LogP contribution in [-0.2, 0) is 0 Å². The first-order valence-electron chi connectivity index (χ1n) is 10.9. The van der Waals surface area contributed by atoms with Crippen molar-refractivity contribution in [2.75, 3.05) is 5.73 Å². The Hall–Kier alpha value is -3.56. The molecule has 0 bridgehead atoms. The topological polar surface area (TPSA) is 137 Å². The number of nitrogens with zero attached hydrogens (tertiary/aromatic N) is 6. The highest BCUT2D eigenvalue weighted by atomic mass is 16.6. The van der Waals surface area contributed by atoms with Gasteiger partial charge in [0.25, 0.3) is 5.91 Å². The molecule has 3 N–H and O–H groups in total. The molecule has 4 rings (SSSR count). The van der Waals surface area contributed by atoms with Gasteiger partial charge in [0.1, 0.15) is 0 Å². The number of carbonyl (C=O) groups is 1. The van der Waals surface area contributed by atoms with Gasteiger partial charge in [0.2, 0.25) is 11.6 Å². The van der Waals surface area contributed by atoms with Crippen LogP contribution in [0.25, 0.3) is 5.82 Å². The summed E-state index contributed by atoms with van der Waals surface area (Å²) in [6.07, 6.45) is 6.48. The number of anilines is 1.